The molecule has 3 rings (SSSR count). The van der Waals surface area contributed by atoms with Crippen molar-refractivity contribution >= 4 is 10.0 Å². The summed E-state index contributed by atoms with van der Waals surface area (Å²) >= 11 is 0. The SMILES string of the molecule is O=S(=O)(C1CC1)N1Cc2ccnn2CC[C@H]1CO. The van der Waals surface area contributed by atoms with Gasteiger partial charge in [0.2, 0.25) is 10.0 Å². The van der Waals surface area contributed by atoms with Gasteiger partial charge in [0.1, 0.15) is 0 Å². The maximum atomic E-state index is 12.4. The molecule has 1 aromatic heterocycles. The summed E-state index contributed by atoms with van der Waals surface area (Å²) in [6, 6.07) is 1.52. The lowest BCUT2D eigenvalue weighted by atomic mass is 10.2. The van der Waals surface area contributed by atoms with E-state index in [2.05, 4.69) is 5.10 Å². The van der Waals surface area contributed by atoms with Crippen LogP contribution < -0.4 is 0 Å². The fourth-order valence-corrected chi connectivity index (χ4v) is 4.45. The van der Waals surface area contributed by atoms with E-state index in [-0.39, 0.29) is 17.9 Å². The highest BCUT2D eigenvalue weighted by atomic mass is 32.2. The molecule has 0 unspecified atom stereocenters. The normalized spacial score (nSPS) is 25.7. The highest BCUT2D eigenvalue weighted by molar-refractivity contribution is 7.90. The van der Waals surface area contributed by atoms with Gasteiger partial charge in [-0.15, -0.1) is 0 Å². The molecule has 2 aliphatic rings. The lowest BCUT2D eigenvalue weighted by molar-refractivity contribution is 0.178. The standard InChI is InChI=1S/C11H17N3O3S/c15-8-10-4-6-13-9(3-5-12-13)7-14(10)18(16,17)11-1-2-11/h3,5,10-11,15H,1-2,4,6-8H2/t10-/m0/s1. The maximum absolute atomic E-state index is 12.4. The first-order valence-corrected chi connectivity index (χ1v) is 7.75. The Bertz CT molecular complexity index is 535. The van der Waals surface area contributed by atoms with Crippen LogP contribution in [0, 0.1) is 0 Å². The van der Waals surface area contributed by atoms with Gasteiger partial charge in [-0.1, -0.05) is 0 Å². The number of aliphatic hydroxyl groups is 1. The van der Waals surface area contributed by atoms with E-state index in [1.165, 1.54) is 4.31 Å². The first-order chi connectivity index (χ1) is 8.63. The summed E-state index contributed by atoms with van der Waals surface area (Å²) in [6.07, 6.45) is 3.79. The number of aromatic nitrogens is 2. The minimum absolute atomic E-state index is 0.128. The third-order valence-corrected chi connectivity index (χ3v) is 6.08. The maximum Gasteiger partial charge on any atom is 0.217 e. The van der Waals surface area contributed by atoms with E-state index in [0.717, 1.165) is 18.5 Å². The number of nitrogens with zero attached hydrogens (tertiary/aromatic N) is 3. The van der Waals surface area contributed by atoms with E-state index in [1.54, 1.807) is 6.20 Å². The Kier molecular flexibility index (Phi) is 2.91. The van der Waals surface area contributed by atoms with Gasteiger partial charge < -0.3 is 5.11 Å². The molecular weight excluding hydrogens is 254 g/mol. The van der Waals surface area contributed by atoms with Crippen LogP contribution in [0.15, 0.2) is 12.3 Å². The van der Waals surface area contributed by atoms with Crippen LogP contribution in [-0.2, 0) is 23.1 Å². The molecule has 100 valence electrons. The Morgan fingerprint density at radius 2 is 2.17 bits per heavy atom. The number of sulfonamides is 1. The molecule has 1 aromatic rings. The third-order valence-electron chi connectivity index (χ3n) is 3.69. The molecule has 0 spiro atoms. The van der Waals surface area contributed by atoms with Crippen molar-refractivity contribution in [2.24, 2.45) is 0 Å². The Morgan fingerprint density at radius 3 is 2.83 bits per heavy atom. The Morgan fingerprint density at radius 1 is 1.39 bits per heavy atom. The van der Waals surface area contributed by atoms with Gasteiger partial charge in [0, 0.05) is 12.7 Å². The van der Waals surface area contributed by atoms with Gasteiger partial charge >= 0.3 is 0 Å². The van der Waals surface area contributed by atoms with Crippen LogP contribution in [0.5, 0.6) is 0 Å². The zero-order valence-corrected chi connectivity index (χ0v) is 10.9. The Labute approximate surface area is 106 Å². The minimum Gasteiger partial charge on any atom is -0.395 e. The summed E-state index contributed by atoms with van der Waals surface area (Å²) in [7, 11) is -3.26. The zero-order chi connectivity index (χ0) is 12.8. The van der Waals surface area contributed by atoms with Gasteiger partial charge in [-0.25, -0.2) is 8.42 Å². The second-order valence-corrected chi connectivity index (χ2v) is 7.13. The van der Waals surface area contributed by atoms with Crippen molar-refractivity contribution in [2.75, 3.05) is 6.61 Å². The summed E-state index contributed by atoms with van der Waals surface area (Å²) in [5.41, 5.74) is 0.898. The first kappa shape index (κ1) is 12.1. The summed E-state index contributed by atoms with van der Waals surface area (Å²) in [6.45, 7) is 0.852. The van der Waals surface area contributed by atoms with Crippen LogP contribution in [0.4, 0.5) is 0 Å². The monoisotopic (exact) mass is 271 g/mol. The van der Waals surface area contributed by atoms with E-state index in [9.17, 15) is 13.5 Å². The molecule has 7 heteroatoms. The van der Waals surface area contributed by atoms with Crippen molar-refractivity contribution in [3.05, 3.63) is 18.0 Å². The number of rotatable bonds is 3. The van der Waals surface area contributed by atoms with Gasteiger partial charge in [0.15, 0.2) is 0 Å². The second-order valence-electron chi connectivity index (χ2n) is 4.96. The molecule has 18 heavy (non-hydrogen) atoms. The lowest BCUT2D eigenvalue weighted by Gasteiger charge is -2.27. The predicted octanol–water partition coefficient (Wildman–Crippen LogP) is -0.0581. The fourth-order valence-electron chi connectivity index (χ4n) is 2.44. The summed E-state index contributed by atoms with van der Waals surface area (Å²) in [4.78, 5) is 0. The average Bonchev–Trinajstić information content (AvgIpc) is 3.14. The zero-order valence-electron chi connectivity index (χ0n) is 10.1. The molecule has 0 radical (unpaired) electrons. The molecule has 1 aliphatic carbocycles. The van der Waals surface area contributed by atoms with Gasteiger partial charge in [-0.05, 0) is 25.3 Å². The van der Waals surface area contributed by atoms with Crippen molar-refractivity contribution in [3.8, 4) is 0 Å². The van der Waals surface area contributed by atoms with Crippen molar-refractivity contribution in [1.29, 1.82) is 0 Å². The van der Waals surface area contributed by atoms with E-state index in [1.807, 2.05) is 10.7 Å². The molecule has 1 N–H and O–H groups in total. The molecule has 6 nitrogen and oxygen atoms in total. The smallest absolute Gasteiger partial charge is 0.217 e. The topological polar surface area (TPSA) is 75.4 Å². The fraction of sp³-hybridized carbons (Fsp3) is 0.727. The van der Waals surface area contributed by atoms with Crippen LogP contribution in [0.2, 0.25) is 0 Å². The molecule has 1 aliphatic heterocycles. The average molecular weight is 271 g/mol. The number of aryl methyl sites for hydroxylation is 1. The van der Waals surface area contributed by atoms with Crippen LogP contribution in [0.25, 0.3) is 0 Å². The highest BCUT2D eigenvalue weighted by Crippen LogP contribution is 2.34. The van der Waals surface area contributed by atoms with Crippen LogP contribution in [0.1, 0.15) is 25.0 Å². The largest absolute Gasteiger partial charge is 0.395 e. The van der Waals surface area contributed by atoms with E-state index in [4.69, 9.17) is 0 Å². The van der Waals surface area contributed by atoms with Gasteiger partial charge in [-0.3, -0.25) is 4.68 Å². The van der Waals surface area contributed by atoms with Gasteiger partial charge in [0.25, 0.3) is 0 Å². The summed E-state index contributed by atoms with van der Waals surface area (Å²) < 4.78 is 28.1. The van der Waals surface area contributed by atoms with Gasteiger partial charge in [-0.2, -0.15) is 9.40 Å². The summed E-state index contributed by atoms with van der Waals surface area (Å²) in [5, 5.41) is 13.4. The van der Waals surface area contributed by atoms with Crippen molar-refractivity contribution in [2.45, 2.75) is 43.6 Å². The molecule has 0 aromatic carbocycles. The van der Waals surface area contributed by atoms with Crippen LogP contribution >= 0.6 is 0 Å². The molecule has 1 fully saturated rings. The van der Waals surface area contributed by atoms with Crippen LogP contribution in [0.3, 0.4) is 0 Å². The van der Waals surface area contributed by atoms with Crippen LogP contribution in [-0.4, -0.2) is 45.5 Å². The molecule has 0 saturated heterocycles. The lowest BCUT2D eigenvalue weighted by Crippen LogP contribution is -2.42. The summed E-state index contributed by atoms with van der Waals surface area (Å²) in [5.74, 6) is 0. The molecule has 1 atom stereocenters. The molecule has 2 heterocycles. The number of hydrogen-bond donors (Lipinski definition) is 1. The molecular formula is C11H17N3O3S. The van der Waals surface area contributed by atoms with Crippen molar-refractivity contribution < 1.29 is 13.5 Å². The first-order valence-electron chi connectivity index (χ1n) is 6.25. The Hall–Kier alpha value is -0.920. The third kappa shape index (κ3) is 1.96. The Balaban J connectivity index is 1.94. The quantitative estimate of drug-likeness (QED) is 0.836. The highest BCUT2D eigenvalue weighted by Gasteiger charge is 2.43. The van der Waals surface area contributed by atoms with E-state index < -0.39 is 10.0 Å². The second kappa shape index (κ2) is 4.32. The van der Waals surface area contributed by atoms with Gasteiger partial charge in [0.05, 0.1) is 30.1 Å². The van der Waals surface area contributed by atoms with E-state index in [0.29, 0.717) is 19.5 Å². The number of hydrogen-bond acceptors (Lipinski definition) is 4. The predicted molar refractivity (Wildman–Crippen MR) is 65.2 cm³/mol. The van der Waals surface area contributed by atoms with E-state index >= 15 is 0 Å². The van der Waals surface area contributed by atoms with Crippen molar-refractivity contribution in [3.63, 3.8) is 0 Å². The number of aliphatic hydroxyl groups excluding tert-OH is 1. The van der Waals surface area contributed by atoms with Crippen molar-refractivity contribution in [1.82, 2.24) is 14.1 Å². The molecule has 0 bridgehead atoms. The molecule has 1 saturated carbocycles. The molecule has 0 amide bonds. The minimum atomic E-state index is -3.26. The number of fused-ring (bicyclic) bond motifs is 1.